The molecule has 0 spiro atoms. The van der Waals surface area contributed by atoms with Gasteiger partial charge in [0.05, 0.1) is 29.8 Å². The monoisotopic (exact) mass is 317 g/mol. The van der Waals surface area contributed by atoms with E-state index in [-0.39, 0.29) is 11.3 Å². The normalized spacial score (nSPS) is 11.9. The summed E-state index contributed by atoms with van der Waals surface area (Å²) >= 11 is 0. The second-order valence-corrected chi connectivity index (χ2v) is 4.42. The number of aromatic amines is 1. The second kappa shape index (κ2) is 6.69. The van der Waals surface area contributed by atoms with Gasteiger partial charge in [0.1, 0.15) is 11.6 Å². The fraction of sp³-hybridized carbons (Fsp3) is 0.214. The Morgan fingerprint density at radius 1 is 1.48 bits per heavy atom. The molecule has 0 saturated carbocycles. The van der Waals surface area contributed by atoms with Crippen molar-refractivity contribution in [3.05, 3.63) is 18.0 Å². The van der Waals surface area contributed by atoms with Crippen molar-refractivity contribution in [2.75, 3.05) is 12.5 Å². The topological polar surface area (TPSA) is 129 Å². The number of rotatable bonds is 5. The lowest BCUT2D eigenvalue weighted by atomic mass is 10.1. The van der Waals surface area contributed by atoms with Crippen LogP contribution in [-0.2, 0) is 4.79 Å². The van der Waals surface area contributed by atoms with Gasteiger partial charge in [0, 0.05) is 12.4 Å². The van der Waals surface area contributed by atoms with Crippen LogP contribution in [0.3, 0.4) is 0 Å². The number of aliphatic imine (C=N–C) groups is 1. The first-order valence-corrected chi connectivity index (χ1v) is 6.60. The van der Waals surface area contributed by atoms with Crippen molar-refractivity contribution in [2.24, 2.45) is 10.1 Å². The minimum atomic E-state index is -1.55. The van der Waals surface area contributed by atoms with Gasteiger partial charge in [0.15, 0.2) is 5.82 Å². The number of ketones is 1. The number of aliphatic carboxylic acids is 1. The summed E-state index contributed by atoms with van der Waals surface area (Å²) in [5, 5.41) is 13.3. The number of ether oxygens (including phenoxy) is 1. The van der Waals surface area contributed by atoms with E-state index in [2.05, 4.69) is 25.5 Å². The number of carboxylic acid groups (broad SMARTS) is 1. The third kappa shape index (κ3) is 3.18. The Hall–Kier alpha value is -3.23. The van der Waals surface area contributed by atoms with Gasteiger partial charge in [-0.25, -0.2) is 14.8 Å². The van der Waals surface area contributed by atoms with E-state index in [0.29, 0.717) is 22.6 Å². The molecule has 2 aromatic rings. The van der Waals surface area contributed by atoms with Crippen LogP contribution in [0.4, 0.5) is 5.82 Å². The number of H-pyrrole nitrogens is 1. The van der Waals surface area contributed by atoms with Gasteiger partial charge >= 0.3 is 5.97 Å². The molecule has 0 radical (unpaired) electrons. The van der Waals surface area contributed by atoms with Gasteiger partial charge < -0.3 is 14.8 Å². The van der Waals surface area contributed by atoms with E-state index in [1.54, 1.807) is 20.1 Å². The third-order valence-corrected chi connectivity index (χ3v) is 2.97. The predicted octanol–water partition coefficient (Wildman–Crippen LogP) is 1.67. The number of carboxylic acids is 1. The van der Waals surface area contributed by atoms with Crippen LogP contribution in [-0.4, -0.2) is 46.0 Å². The number of hydrazone groups is 1. The molecule has 2 aromatic heterocycles. The lowest BCUT2D eigenvalue weighted by molar-refractivity contribution is -0.131. The highest BCUT2D eigenvalue weighted by Crippen LogP contribution is 2.32. The highest BCUT2D eigenvalue weighted by Gasteiger charge is 2.23. The first-order valence-electron chi connectivity index (χ1n) is 6.60. The van der Waals surface area contributed by atoms with Crippen LogP contribution >= 0.6 is 0 Å². The first-order chi connectivity index (χ1) is 11.0. The molecule has 0 aliphatic carbocycles. The molecule has 2 heterocycles. The lowest BCUT2D eigenvalue weighted by Crippen LogP contribution is -2.12. The number of anilines is 1. The molecule has 3 N–H and O–H groups in total. The zero-order valence-corrected chi connectivity index (χ0v) is 12.7. The van der Waals surface area contributed by atoms with Crippen molar-refractivity contribution in [3.8, 4) is 5.75 Å². The molecular formula is C14H15N5O4. The molecule has 9 nitrogen and oxygen atoms in total. The molecule has 0 atom stereocenters. The molecule has 2 rings (SSSR count). The fourth-order valence-electron chi connectivity index (χ4n) is 2.00. The average molecular weight is 317 g/mol. The third-order valence-electron chi connectivity index (χ3n) is 2.97. The maximum atomic E-state index is 11.8. The average Bonchev–Trinajstić information content (AvgIpc) is 2.97. The fourth-order valence-corrected chi connectivity index (χ4v) is 2.00. The Morgan fingerprint density at radius 2 is 2.22 bits per heavy atom. The Morgan fingerprint density at radius 3 is 2.83 bits per heavy atom. The lowest BCUT2D eigenvalue weighted by Gasteiger charge is -2.06. The molecule has 120 valence electrons. The largest absolute Gasteiger partial charge is 0.494 e. The summed E-state index contributed by atoms with van der Waals surface area (Å²) in [4.78, 5) is 33.7. The zero-order valence-electron chi connectivity index (χ0n) is 12.7. The number of nitrogens with zero attached hydrogens (tertiary/aromatic N) is 3. The number of pyridine rings is 1. The summed E-state index contributed by atoms with van der Waals surface area (Å²) in [5.41, 5.74) is 3.12. The van der Waals surface area contributed by atoms with Gasteiger partial charge in [-0.05, 0) is 13.8 Å². The number of carbonyl (C=O) groups excluding carboxylic acids is 1. The minimum absolute atomic E-state index is 0.0120. The molecule has 0 unspecified atom stereocenters. The number of fused-ring (bicyclic) bond motifs is 1. The number of nitrogens with one attached hydrogen (secondary N) is 2. The maximum absolute atomic E-state index is 11.8. The van der Waals surface area contributed by atoms with E-state index in [4.69, 9.17) is 9.84 Å². The number of hydrogen-bond acceptors (Lipinski definition) is 6. The number of Topliss-reactive ketones (excluding diaryl/α,β-unsaturated/α-hetero) is 1. The first kappa shape index (κ1) is 16.1. The molecule has 0 aliphatic rings. The van der Waals surface area contributed by atoms with Crippen molar-refractivity contribution in [1.29, 1.82) is 0 Å². The van der Waals surface area contributed by atoms with E-state index in [0.717, 1.165) is 0 Å². The Labute approximate surface area is 131 Å². The van der Waals surface area contributed by atoms with Gasteiger partial charge in [-0.2, -0.15) is 5.10 Å². The summed E-state index contributed by atoms with van der Waals surface area (Å²) < 4.78 is 5.16. The quantitative estimate of drug-likeness (QED) is 0.253. The number of methoxy groups -OCH3 is 1. The van der Waals surface area contributed by atoms with Gasteiger partial charge in [-0.3, -0.25) is 10.2 Å². The SMILES string of the molecule is CC=N/C(C)=N\Nc1ncc(OC)c2c(C(=O)C(=O)O)c[nH]c12. The molecule has 0 amide bonds. The summed E-state index contributed by atoms with van der Waals surface area (Å²) in [6.45, 7) is 3.46. The maximum Gasteiger partial charge on any atom is 0.377 e. The van der Waals surface area contributed by atoms with Gasteiger partial charge in [-0.15, -0.1) is 0 Å². The smallest absolute Gasteiger partial charge is 0.377 e. The molecule has 9 heteroatoms. The molecule has 0 fully saturated rings. The summed E-state index contributed by atoms with van der Waals surface area (Å²) in [6, 6.07) is 0. The van der Waals surface area contributed by atoms with Crippen LogP contribution < -0.4 is 10.2 Å². The minimum Gasteiger partial charge on any atom is -0.494 e. The number of carbonyl (C=O) groups is 2. The van der Waals surface area contributed by atoms with E-state index in [1.807, 2.05) is 0 Å². The van der Waals surface area contributed by atoms with Gasteiger partial charge in [0.25, 0.3) is 5.78 Å². The van der Waals surface area contributed by atoms with Crippen LogP contribution in [0.2, 0.25) is 0 Å². The van der Waals surface area contributed by atoms with Crippen LogP contribution in [0.5, 0.6) is 5.75 Å². The van der Waals surface area contributed by atoms with Crippen molar-refractivity contribution in [2.45, 2.75) is 13.8 Å². The Bertz CT molecular complexity index is 822. The van der Waals surface area contributed by atoms with Crippen molar-refractivity contribution >= 4 is 40.5 Å². The molecule has 23 heavy (non-hydrogen) atoms. The van der Waals surface area contributed by atoms with Crippen molar-refractivity contribution in [3.63, 3.8) is 0 Å². The van der Waals surface area contributed by atoms with Gasteiger partial charge in [0.2, 0.25) is 0 Å². The molecular weight excluding hydrogens is 302 g/mol. The Balaban J connectivity index is 2.56. The number of aromatic nitrogens is 2. The number of amidine groups is 1. The highest BCUT2D eigenvalue weighted by atomic mass is 16.5. The van der Waals surface area contributed by atoms with Crippen LogP contribution in [0.25, 0.3) is 10.9 Å². The number of hydrogen-bond donors (Lipinski definition) is 3. The summed E-state index contributed by atoms with van der Waals surface area (Å²) in [5.74, 6) is -1.52. The van der Waals surface area contributed by atoms with E-state index in [9.17, 15) is 9.59 Å². The van der Waals surface area contributed by atoms with E-state index < -0.39 is 11.8 Å². The molecule has 0 saturated heterocycles. The van der Waals surface area contributed by atoms with E-state index >= 15 is 0 Å². The van der Waals surface area contributed by atoms with Crippen LogP contribution in [0.1, 0.15) is 24.2 Å². The van der Waals surface area contributed by atoms with Crippen LogP contribution in [0.15, 0.2) is 22.5 Å². The van der Waals surface area contributed by atoms with Crippen molar-refractivity contribution in [1.82, 2.24) is 9.97 Å². The predicted molar refractivity (Wildman–Crippen MR) is 85.5 cm³/mol. The summed E-state index contributed by atoms with van der Waals surface area (Å²) in [6.07, 6.45) is 4.28. The zero-order chi connectivity index (χ0) is 17.0. The standard InChI is InChI=1S/C14H15N5O4/c1-4-15-7(2)18-19-13-11-10(9(23-3)6-17-13)8(5-16-11)12(20)14(21)22/h4-6,16H,1-3H3,(H,17,19)(H,21,22)/b15-4?,18-7-. The summed E-state index contributed by atoms with van der Waals surface area (Å²) in [7, 11) is 1.41. The van der Waals surface area contributed by atoms with E-state index in [1.165, 1.54) is 19.5 Å². The van der Waals surface area contributed by atoms with Crippen LogP contribution in [0, 0.1) is 0 Å². The van der Waals surface area contributed by atoms with Gasteiger partial charge in [-0.1, -0.05) is 0 Å². The molecule has 0 aliphatic heterocycles. The molecule has 0 aromatic carbocycles. The van der Waals surface area contributed by atoms with Crippen molar-refractivity contribution < 1.29 is 19.4 Å². The Kier molecular flexibility index (Phi) is 4.69. The molecule has 0 bridgehead atoms. The highest BCUT2D eigenvalue weighted by molar-refractivity contribution is 6.42. The second-order valence-electron chi connectivity index (χ2n) is 4.42.